The molecule has 0 saturated heterocycles. The maximum atomic E-state index is 4.65. The molecule has 0 radical (unpaired) electrons. The average Bonchev–Trinajstić information content (AvgIpc) is 3.69. The number of pyridine rings is 1. The number of aryl methyl sites for hydroxylation is 2. The highest BCUT2D eigenvalue weighted by Gasteiger charge is 2.39. The molecule has 0 amide bonds. The van der Waals surface area contributed by atoms with Crippen molar-refractivity contribution in [3.8, 4) is 22.4 Å². The number of allylic oxidation sites excluding steroid dienone is 6. The average molecular weight is 676 g/mol. The highest BCUT2D eigenvalue weighted by Crippen LogP contribution is 2.42. The first-order chi connectivity index (χ1) is 25.4. The van der Waals surface area contributed by atoms with Crippen LogP contribution in [0.4, 0.5) is 0 Å². The van der Waals surface area contributed by atoms with Crippen LogP contribution < -0.4 is 4.57 Å². The molecule has 52 heavy (non-hydrogen) atoms. The summed E-state index contributed by atoms with van der Waals surface area (Å²) in [7, 11) is 2.19. The van der Waals surface area contributed by atoms with Crippen molar-refractivity contribution in [2.75, 3.05) is 0 Å². The Hall–Kier alpha value is -5.80. The number of fused-ring (bicyclic) bond motifs is 6. The van der Waals surface area contributed by atoms with E-state index in [1.54, 1.807) is 0 Å². The molecule has 0 N–H and O–H groups in total. The van der Waals surface area contributed by atoms with Gasteiger partial charge in [-0.05, 0) is 67.2 Å². The van der Waals surface area contributed by atoms with Gasteiger partial charge >= 0.3 is 0 Å². The molecule has 3 nitrogen and oxygen atoms in total. The lowest BCUT2D eigenvalue weighted by molar-refractivity contribution is -0.659. The van der Waals surface area contributed by atoms with Crippen LogP contribution in [0.5, 0.6) is 0 Å². The van der Waals surface area contributed by atoms with Crippen LogP contribution in [0.2, 0.25) is 0 Å². The lowest BCUT2D eigenvalue weighted by Crippen LogP contribution is -2.37. The summed E-state index contributed by atoms with van der Waals surface area (Å²) in [6.45, 7) is 11.3. The zero-order valence-electron chi connectivity index (χ0n) is 30.6. The molecule has 4 heterocycles. The van der Waals surface area contributed by atoms with Crippen LogP contribution in [-0.2, 0) is 7.05 Å². The minimum absolute atomic E-state index is 0.257. The molecule has 0 fully saturated rings. The predicted molar refractivity (Wildman–Crippen MR) is 220 cm³/mol. The molecule has 7 aromatic rings. The van der Waals surface area contributed by atoms with Crippen molar-refractivity contribution in [3.05, 3.63) is 162 Å². The van der Waals surface area contributed by atoms with Gasteiger partial charge in [-0.15, -0.1) is 0 Å². The Balaban J connectivity index is 1.21. The lowest BCUT2D eigenvalue weighted by Gasteiger charge is -2.32. The monoisotopic (exact) mass is 675 g/mol. The molecule has 4 aromatic carbocycles. The van der Waals surface area contributed by atoms with E-state index in [0.717, 1.165) is 19.3 Å². The largest absolute Gasteiger partial charge is 0.308 e. The second-order valence-corrected chi connectivity index (χ2v) is 14.7. The molecule has 2 unspecified atom stereocenters. The maximum absolute atomic E-state index is 4.65. The maximum Gasteiger partial charge on any atom is 0.213 e. The van der Waals surface area contributed by atoms with E-state index >= 15 is 0 Å². The van der Waals surface area contributed by atoms with E-state index in [1.807, 2.05) is 0 Å². The van der Waals surface area contributed by atoms with Gasteiger partial charge in [0.1, 0.15) is 13.8 Å². The summed E-state index contributed by atoms with van der Waals surface area (Å²) in [5.41, 5.74) is 15.4. The molecule has 2 atom stereocenters. The topological polar surface area (TPSA) is 11.3 Å². The molecule has 3 aromatic heterocycles. The van der Waals surface area contributed by atoms with Gasteiger partial charge in [-0.2, -0.15) is 0 Å². The quantitative estimate of drug-likeness (QED) is 0.155. The molecule has 2 aliphatic rings. The summed E-state index contributed by atoms with van der Waals surface area (Å²) < 4.78 is 7.09. The van der Waals surface area contributed by atoms with Crippen LogP contribution in [0.1, 0.15) is 44.2 Å². The molecule has 0 saturated carbocycles. The van der Waals surface area contributed by atoms with Gasteiger partial charge in [-0.25, -0.2) is 9.14 Å². The lowest BCUT2D eigenvalue weighted by atomic mass is 9.78. The Labute approximate surface area is 306 Å². The summed E-state index contributed by atoms with van der Waals surface area (Å²) in [5, 5.41) is 5.20. The highest BCUT2D eigenvalue weighted by atomic mass is 15.1. The van der Waals surface area contributed by atoms with Gasteiger partial charge in [0.25, 0.3) is 0 Å². The SMILES string of the molecule is C=[N+]1/C(=C\C=C/C)C2=C(C=CCC2)C(C)C1C/C=C/c1cc2c(cc1-c1cc(C)c(-c3ccccc3)c[n+]1C)c1cccc3c4ccccc4n2c31. The third-order valence-electron chi connectivity index (χ3n) is 11.7. The standard InChI is InChI=1S/C49H45N3/c1-6-7-25-45-37-21-12-11-20-36(37)33(3)44(51(45)5)27-15-19-35-29-48-42(40-24-16-23-39-38-22-13-14-26-46(38)52(48)49(39)40)30-41(35)47-28-32(2)43(31-50(47)4)34-17-9-8-10-18-34/h6-11,13-20,22-26,28-31,33,44H,5,12,21,27H2,1-4H3/q+2/b7-6-,19-15+,45-25-. The van der Waals surface area contributed by atoms with Crippen molar-refractivity contribution in [1.29, 1.82) is 0 Å². The van der Waals surface area contributed by atoms with Crippen LogP contribution in [0.3, 0.4) is 0 Å². The van der Waals surface area contributed by atoms with Crippen LogP contribution >= 0.6 is 0 Å². The number of aromatic nitrogens is 2. The fraction of sp³-hybridized carbons (Fsp3) is 0.184. The second-order valence-electron chi connectivity index (χ2n) is 14.7. The third kappa shape index (κ3) is 5.02. The Morgan fingerprint density at radius 3 is 2.46 bits per heavy atom. The van der Waals surface area contributed by atoms with Crippen molar-refractivity contribution in [1.82, 2.24) is 4.40 Å². The van der Waals surface area contributed by atoms with Crippen LogP contribution in [0.25, 0.3) is 66.6 Å². The fourth-order valence-corrected chi connectivity index (χ4v) is 9.05. The van der Waals surface area contributed by atoms with Crippen LogP contribution in [0.15, 0.2) is 150 Å². The highest BCUT2D eigenvalue weighted by molar-refractivity contribution is 6.23. The molecule has 0 bridgehead atoms. The van der Waals surface area contributed by atoms with Gasteiger partial charge in [0, 0.05) is 57.2 Å². The van der Waals surface area contributed by atoms with Gasteiger partial charge in [-0.1, -0.05) is 110 Å². The molecule has 9 rings (SSSR count). The van der Waals surface area contributed by atoms with Crippen molar-refractivity contribution in [2.24, 2.45) is 13.0 Å². The molecule has 254 valence electrons. The minimum Gasteiger partial charge on any atom is -0.308 e. The van der Waals surface area contributed by atoms with Crippen molar-refractivity contribution in [2.45, 2.75) is 46.1 Å². The number of nitrogens with zero attached hydrogens (tertiary/aromatic N) is 3. The fourth-order valence-electron chi connectivity index (χ4n) is 9.05. The molecular formula is C49H45N3+2. The summed E-state index contributed by atoms with van der Waals surface area (Å²) in [4.78, 5) is 0. The first-order valence-corrected chi connectivity index (χ1v) is 18.7. The first-order valence-electron chi connectivity index (χ1n) is 18.7. The Morgan fingerprint density at radius 2 is 1.63 bits per heavy atom. The Morgan fingerprint density at radius 1 is 0.865 bits per heavy atom. The Kier molecular flexibility index (Phi) is 7.88. The molecule has 1 aliphatic carbocycles. The summed E-state index contributed by atoms with van der Waals surface area (Å²) in [5.74, 6) is 0.385. The minimum atomic E-state index is 0.257. The molecular weight excluding hydrogens is 631 g/mol. The normalized spacial score (nSPS) is 18.8. The van der Waals surface area contributed by atoms with Crippen molar-refractivity contribution < 1.29 is 9.14 Å². The zero-order valence-corrected chi connectivity index (χ0v) is 30.6. The van der Waals surface area contributed by atoms with E-state index in [9.17, 15) is 0 Å². The van der Waals surface area contributed by atoms with Crippen LogP contribution in [0, 0.1) is 12.8 Å². The second kappa shape index (κ2) is 12.8. The number of hydrogen-bond acceptors (Lipinski definition) is 0. The van der Waals surface area contributed by atoms with Gasteiger partial charge in [-0.3, -0.25) is 0 Å². The number of para-hydroxylation sites is 2. The van der Waals surface area contributed by atoms with E-state index in [4.69, 9.17) is 0 Å². The molecule has 3 heteroatoms. The number of benzene rings is 4. The zero-order chi connectivity index (χ0) is 35.5. The number of hydrogen-bond donors (Lipinski definition) is 0. The van der Waals surface area contributed by atoms with E-state index < -0.39 is 0 Å². The molecule has 0 spiro atoms. The van der Waals surface area contributed by atoms with E-state index in [1.165, 1.54) is 88.4 Å². The predicted octanol–water partition coefficient (Wildman–Crippen LogP) is 11.5. The van der Waals surface area contributed by atoms with Gasteiger partial charge in [0.15, 0.2) is 12.2 Å². The van der Waals surface area contributed by atoms with Crippen molar-refractivity contribution >= 4 is 50.9 Å². The van der Waals surface area contributed by atoms with Gasteiger partial charge in [0.2, 0.25) is 11.4 Å². The van der Waals surface area contributed by atoms with Crippen LogP contribution in [-0.4, -0.2) is 21.7 Å². The smallest absolute Gasteiger partial charge is 0.213 e. The summed E-state index contributed by atoms with van der Waals surface area (Å²) >= 11 is 0. The van der Waals surface area contributed by atoms with E-state index in [-0.39, 0.29) is 6.04 Å². The van der Waals surface area contributed by atoms with Gasteiger partial charge < -0.3 is 4.40 Å². The third-order valence-corrected chi connectivity index (χ3v) is 11.7. The Bertz CT molecular complexity index is 2710. The first kappa shape index (κ1) is 32.1. The summed E-state index contributed by atoms with van der Waals surface area (Å²) in [6.07, 6.45) is 21.4. The van der Waals surface area contributed by atoms with E-state index in [2.05, 4.69) is 188 Å². The summed E-state index contributed by atoms with van der Waals surface area (Å²) in [6, 6.07) is 33.8. The van der Waals surface area contributed by atoms with Crippen molar-refractivity contribution in [3.63, 3.8) is 0 Å². The number of rotatable bonds is 6. The van der Waals surface area contributed by atoms with Gasteiger partial charge in [0.05, 0.1) is 22.1 Å². The van der Waals surface area contributed by atoms with E-state index in [0.29, 0.717) is 5.92 Å². The molecule has 1 aliphatic heterocycles.